The standard InChI is InChI=1S/C17H16N4O4S/c1-11-2-6-13(7-3-11)21-16(22)10-15(20-17(21)23)19-12-4-8-14(9-5-12)26(18,24)25/h2-10,19H,1H3,(H,20,23)(H2,18,24,25). The highest BCUT2D eigenvalue weighted by atomic mass is 32.2. The zero-order chi connectivity index (χ0) is 18.9. The maximum atomic E-state index is 12.3. The van der Waals surface area contributed by atoms with Gasteiger partial charge in [0.25, 0.3) is 5.56 Å². The molecule has 9 heteroatoms. The lowest BCUT2D eigenvalue weighted by Crippen LogP contribution is -2.33. The number of aryl methyl sites for hydroxylation is 1. The minimum atomic E-state index is -3.78. The molecule has 0 aliphatic heterocycles. The van der Waals surface area contributed by atoms with E-state index in [-0.39, 0.29) is 10.7 Å². The third-order valence-corrected chi connectivity index (χ3v) is 4.62. The lowest BCUT2D eigenvalue weighted by Gasteiger charge is -2.09. The largest absolute Gasteiger partial charge is 0.342 e. The van der Waals surface area contributed by atoms with E-state index in [1.807, 2.05) is 6.92 Å². The van der Waals surface area contributed by atoms with Crippen LogP contribution in [0.4, 0.5) is 11.5 Å². The number of anilines is 2. The zero-order valence-corrected chi connectivity index (χ0v) is 14.6. The average molecular weight is 372 g/mol. The summed E-state index contributed by atoms with van der Waals surface area (Å²) in [7, 11) is -3.78. The van der Waals surface area contributed by atoms with Crippen molar-refractivity contribution in [2.75, 3.05) is 5.32 Å². The summed E-state index contributed by atoms with van der Waals surface area (Å²) in [6.07, 6.45) is 0. The van der Waals surface area contributed by atoms with Crippen molar-refractivity contribution in [1.29, 1.82) is 0 Å². The quantitative estimate of drug-likeness (QED) is 0.635. The second kappa shape index (κ2) is 6.62. The van der Waals surface area contributed by atoms with E-state index in [2.05, 4.69) is 10.3 Å². The molecule has 1 aromatic heterocycles. The van der Waals surface area contributed by atoms with Gasteiger partial charge in [0.05, 0.1) is 10.6 Å². The van der Waals surface area contributed by atoms with E-state index in [0.29, 0.717) is 11.4 Å². The molecule has 0 fully saturated rings. The van der Waals surface area contributed by atoms with Crippen molar-refractivity contribution < 1.29 is 8.42 Å². The van der Waals surface area contributed by atoms with Crippen molar-refractivity contribution in [2.24, 2.45) is 5.14 Å². The number of H-pyrrole nitrogens is 1. The lowest BCUT2D eigenvalue weighted by atomic mass is 10.2. The molecular formula is C17H16N4O4S. The van der Waals surface area contributed by atoms with Gasteiger partial charge < -0.3 is 5.32 Å². The first kappa shape index (κ1) is 17.6. The van der Waals surface area contributed by atoms with Gasteiger partial charge in [-0.1, -0.05) is 17.7 Å². The van der Waals surface area contributed by atoms with Crippen molar-refractivity contribution in [3.63, 3.8) is 0 Å². The second-order valence-corrected chi connectivity index (χ2v) is 7.25. The molecule has 0 spiro atoms. The van der Waals surface area contributed by atoms with Crippen molar-refractivity contribution in [2.45, 2.75) is 11.8 Å². The van der Waals surface area contributed by atoms with Crippen LogP contribution in [-0.4, -0.2) is 18.0 Å². The fraction of sp³-hybridized carbons (Fsp3) is 0.0588. The molecule has 3 rings (SSSR count). The van der Waals surface area contributed by atoms with Gasteiger partial charge in [0.15, 0.2) is 0 Å². The molecule has 0 aliphatic carbocycles. The van der Waals surface area contributed by atoms with E-state index in [4.69, 9.17) is 5.14 Å². The van der Waals surface area contributed by atoms with Gasteiger partial charge in [0.2, 0.25) is 10.0 Å². The fourth-order valence-corrected chi connectivity index (χ4v) is 2.90. The number of primary sulfonamides is 1. The van der Waals surface area contributed by atoms with Crippen molar-refractivity contribution in [3.05, 3.63) is 81.0 Å². The Balaban J connectivity index is 1.92. The molecular weight excluding hydrogens is 356 g/mol. The lowest BCUT2D eigenvalue weighted by molar-refractivity contribution is 0.598. The molecule has 0 saturated heterocycles. The van der Waals surface area contributed by atoms with Crippen LogP contribution in [0.2, 0.25) is 0 Å². The van der Waals surface area contributed by atoms with E-state index in [1.54, 1.807) is 24.3 Å². The average Bonchev–Trinajstić information content (AvgIpc) is 2.56. The number of benzene rings is 2. The van der Waals surface area contributed by atoms with Gasteiger partial charge in [-0.15, -0.1) is 0 Å². The molecule has 26 heavy (non-hydrogen) atoms. The molecule has 1 heterocycles. The first-order valence-electron chi connectivity index (χ1n) is 7.57. The monoisotopic (exact) mass is 372 g/mol. The van der Waals surface area contributed by atoms with Gasteiger partial charge >= 0.3 is 5.69 Å². The minimum absolute atomic E-state index is 0.0358. The van der Waals surface area contributed by atoms with Crippen molar-refractivity contribution >= 4 is 21.5 Å². The molecule has 0 atom stereocenters. The third-order valence-electron chi connectivity index (χ3n) is 3.69. The Morgan fingerprint density at radius 3 is 2.15 bits per heavy atom. The summed E-state index contributed by atoms with van der Waals surface area (Å²) in [6.45, 7) is 1.91. The van der Waals surface area contributed by atoms with Crippen molar-refractivity contribution in [3.8, 4) is 5.69 Å². The highest BCUT2D eigenvalue weighted by Gasteiger charge is 2.09. The predicted molar refractivity (Wildman–Crippen MR) is 98.5 cm³/mol. The molecule has 134 valence electrons. The van der Waals surface area contributed by atoms with Crippen LogP contribution in [0.1, 0.15) is 5.56 Å². The van der Waals surface area contributed by atoms with E-state index in [9.17, 15) is 18.0 Å². The summed E-state index contributed by atoms with van der Waals surface area (Å²) < 4.78 is 23.5. The first-order chi connectivity index (χ1) is 12.2. The number of nitrogens with two attached hydrogens (primary N) is 1. The number of hydrogen-bond donors (Lipinski definition) is 3. The van der Waals surface area contributed by atoms with Crippen LogP contribution >= 0.6 is 0 Å². The van der Waals surface area contributed by atoms with Gasteiger partial charge in [-0.3, -0.25) is 9.78 Å². The predicted octanol–water partition coefficient (Wildman–Crippen LogP) is 1.23. The van der Waals surface area contributed by atoms with E-state index in [1.165, 1.54) is 30.3 Å². The van der Waals surface area contributed by atoms with Crippen LogP contribution in [0.5, 0.6) is 0 Å². The molecule has 0 unspecified atom stereocenters. The van der Waals surface area contributed by atoms with Crippen LogP contribution in [0.3, 0.4) is 0 Å². The molecule has 0 aliphatic rings. The van der Waals surface area contributed by atoms with Crippen LogP contribution < -0.4 is 21.7 Å². The summed E-state index contributed by atoms with van der Waals surface area (Å²) in [5, 5.41) is 7.89. The molecule has 0 amide bonds. The Morgan fingerprint density at radius 1 is 1.00 bits per heavy atom. The molecule has 3 aromatic rings. The Hall–Kier alpha value is -3.17. The Labute approximate surface area is 149 Å². The SMILES string of the molecule is Cc1ccc(-n2c(=O)cc(Nc3ccc(S(N)(=O)=O)cc3)[nH]c2=O)cc1. The van der Waals surface area contributed by atoms with Crippen LogP contribution in [0.25, 0.3) is 5.69 Å². The summed E-state index contributed by atoms with van der Waals surface area (Å²) in [5.74, 6) is 0.187. The fourth-order valence-electron chi connectivity index (χ4n) is 2.38. The number of sulfonamides is 1. The van der Waals surface area contributed by atoms with E-state index >= 15 is 0 Å². The van der Waals surface area contributed by atoms with Crippen LogP contribution in [-0.2, 0) is 10.0 Å². The number of nitrogens with zero attached hydrogens (tertiary/aromatic N) is 1. The smallest absolute Gasteiger partial charge is 0.334 e. The van der Waals surface area contributed by atoms with Gasteiger partial charge in [-0.05, 0) is 43.3 Å². The second-order valence-electron chi connectivity index (χ2n) is 5.69. The summed E-state index contributed by atoms with van der Waals surface area (Å²) >= 11 is 0. The molecule has 4 N–H and O–H groups in total. The summed E-state index contributed by atoms with van der Waals surface area (Å²) in [4.78, 5) is 27.2. The van der Waals surface area contributed by atoms with E-state index < -0.39 is 21.3 Å². The normalized spacial score (nSPS) is 11.3. The zero-order valence-electron chi connectivity index (χ0n) is 13.8. The molecule has 8 nitrogen and oxygen atoms in total. The van der Waals surface area contributed by atoms with Crippen molar-refractivity contribution in [1.82, 2.24) is 9.55 Å². The summed E-state index contributed by atoms with van der Waals surface area (Å²) in [5.41, 5.74) is 0.872. The molecule has 0 saturated carbocycles. The minimum Gasteiger partial charge on any atom is -0.342 e. The maximum Gasteiger partial charge on any atom is 0.334 e. The summed E-state index contributed by atoms with van der Waals surface area (Å²) in [6, 6.07) is 13.8. The van der Waals surface area contributed by atoms with Crippen LogP contribution in [0.15, 0.2) is 69.1 Å². The van der Waals surface area contributed by atoms with Gasteiger partial charge in [0, 0.05) is 11.8 Å². The van der Waals surface area contributed by atoms with Gasteiger partial charge in [-0.25, -0.2) is 22.9 Å². The first-order valence-corrected chi connectivity index (χ1v) is 9.12. The van der Waals surface area contributed by atoms with Gasteiger partial charge in [0.1, 0.15) is 5.82 Å². The number of nitrogens with one attached hydrogen (secondary N) is 2. The molecule has 0 bridgehead atoms. The number of rotatable bonds is 4. The number of aromatic nitrogens is 2. The highest BCUT2D eigenvalue weighted by molar-refractivity contribution is 7.89. The Morgan fingerprint density at radius 2 is 1.62 bits per heavy atom. The maximum absolute atomic E-state index is 12.3. The Bertz CT molecular complexity index is 1130. The Kier molecular flexibility index (Phi) is 4.49. The third kappa shape index (κ3) is 3.73. The molecule has 2 aromatic carbocycles. The van der Waals surface area contributed by atoms with Crippen LogP contribution in [0, 0.1) is 6.92 Å². The number of aromatic amines is 1. The molecule has 0 radical (unpaired) electrons. The number of hydrogen-bond acceptors (Lipinski definition) is 5. The van der Waals surface area contributed by atoms with Gasteiger partial charge in [-0.2, -0.15) is 0 Å². The topological polar surface area (TPSA) is 127 Å². The highest BCUT2D eigenvalue weighted by Crippen LogP contribution is 2.16. The van der Waals surface area contributed by atoms with E-state index in [0.717, 1.165) is 10.1 Å².